The van der Waals surface area contributed by atoms with Gasteiger partial charge in [0.25, 0.3) is 5.91 Å². The minimum Gasteiger partial charge on any atom is -0.493 e. The number of carbonyl (C=O) groups excluding carboxylic acids is 1. The molecule has 9 nitrogen and oxygen atoms in total. The van der Waals surface area contributed by atoms with Crippen LogP contribution < -0.4 is 30.2 Å². The molecule has 2 aliphatic heterocycles. The Morgan fingerprint density at radius 3 is 2.79 bits per heavy atom. The maximum Gasteiger partial charge on any atom is 0.254 e. The van der Waals surface area contributed by atoms with E-state index in [9.17, 15) is 4.79 Å². The van der Waals surface area contributed by atoms with Crippen molar-refractivity contribution < 1.29 is 23.7 Å². The predicted molar refractivity (Wildman–Crippen MR) is 149 cm³/mol. The lowest BCUT2D eigenvalue weighted by molar-refractivity contribution is 0.0668. The molecule has 208 valence electrons. The van der Waals surface area contributed by atoms with E-state index in [1.54, 1.807) is 26.4 Å². The van der Waals surface area contributed by atoms with Gasteiger partial charge in [-0.05, 0) is 49.7 Å². The zero-order valence-electron chi connectivity index (χ0n) is 23.0. The lowest BCUT2D eigenvalue weighted by Gasteiger charge is -2.32. The molecule has 2 aromatic carbocycles. The van der Waals surface area contributed by atoms with Crippen LogP contribution in [0.4, 0.5) is 5.69 Å². The van der Waals surface area contributed by atoms with E-state index in [0.29, 0.717) is 49.3 Å². The highest BCUT2D eigenvalue weighted by Crippen LogP contribution is 2.30. The molecule has 0 radical (unpaired) electrons. The van der Waals surface area contributed by atoms with Crippen LogP contribution in [0.5, 0.6) is 17.2 Å². The van der Waals surface area contributed by atoms with Gasteiger partial charge in [0.15, 0.2) is 11.5 Å². The van der Waals surface area contributed by atoms with E-state index in [0.717, 1.165) is 44.0 Å². The molecule has 3 N–H and O–H groups in total. The summed E-state index contributed by atoms with van der Waals surface area (Å²) >= 11 is 0. The lowest BCUT2D eigenvalue weighted by Crippen LogP contribution is -2.46. The fourth-order valence-electron chi connectivity index (χ4n) is 4.97. The van der Waals surface area contributed by atoms with Gasteiger partial charge in [-0.25, -0.2) is 0 Å². The maximum atomic E-state index is 13.7. The molecular formula is C29H42N4O5. The molecule has 38 heavy (non-hydrogen) atoms. The van der Waals surface area contributed by atoms with E-state index < -0.39 is 0 Å². The summed E-state index contributed by atoms with van der Waals surface area (Å²) in [6.45, 7) is 9.93. The highest BCUT2D eigenvalue weighted by molar-refractivity contribution is 5.95. The predicted octanol–water partition coefficient (Wildman–Crippen LogP) is 3.14. The molecule has 0 saturated carbocycles. The number of rotatable bonds is 13. The van der Waals surface area contributed by atoms with Crippen molar-refractivity contribution in [2.24, 2.45) is 5.92 Å². The molecule has 0 unspecified atom stereocenters. The van der Waals surface area contributed by atoms with Crippen LogP contribution >= 0.6 is 0 Å². The van der Waals surface area contributed by atoms with E-state index >= 15 is 0 Å². The number of ether oxygens (including phenoxy) is 4. The molecule has 4 rings (SSSR count). The van der Waals surface area contributed by atoms with Crippen molar-refractivity contribution in [2.75, 3.05) is 65.5 Å². The number of anilines is 1. The summed E-state index contributed by atoms with van der Waals surface area (Å²) in [4.78, 5) is 15.6. The second kappa shape index (κ2) is 13.7. The lowest BCUT2D eigenvalue weighted by atomic mass is 10.0. The summed E-state index contributed by atoms with van der Waals surface area (Å²) in [7, 11) is 3.27. The van der Waals surface area contributed by atoms with Crippen LogP contribution in [0.1, 0.15) is 36.2 Å². The van der Waals surface area contributed by atoms with E-state index in [-0.39, 0.29) is 18.0 Å². The van der Waals surface area contributed by atoms with E-state index in [1.165, 1.54) is 5.56 Å². The van der Waals surface area contributed by atoms with E-state index in [2.05, 4.69) is 41.9 Å². The zero-order valence-corrected chi connectivity index (χ0v) is 23.0. The topological polar surface area (TPSA) is 93.3 Å². The van der Waals surface area contributed by atoms with Gasteiger partial charge in [-0.2, -0.15) is 0 Å². The zero-order chi connectivity index (χ0) is 26.9. The van der Waals surface area contributed by atoms with Crippen LogP contribution in [0, 0.1) is 5.92 Å². The van der Waals surface area contributed by atoms with Crippen molar-refractivity contribution in [3.8, 4) is 17.2 Å². The molecule has 0 aromatic heterocycles. The Labute approximate surface area is 226 Å². The molecule has 2 aromatic rings. The number of fused-ring (bicyclic) bond motifs is 1. The third-order valence-corrected chi connectivity index (χ3v) is 7.10. The normalized spacial score (nSPS) is 18.4. The summed E-state index contributed by atoms with van der Waals surface area (Å²) in [5.41, 5.74) is 2.86. The third-order valence-electron chi connectivity index (χ3n) is 7.10. The van der Waals surface area contributed by atoms with Gasteiger partial charge in [-0.1, -0.05) is 6.07 Å². The molecule has 1 amide bonds. The van der Waals surface area contributed by atoms with Gasteiger partial charge in [0.1, 0.15) is 12.4 Å². The highest BCUT2D eigenvalue weighted by Gasteiger charge is 2.31. The number of nitrogens with zero attached hydrogens (tertiary/aromatic N) is 1. The summed E-state index contributed by atoms with van der Waals surface area (Å²) in [5, 5.41) is 10.6. The second-order valence-electron chi connectivity index (χ2n) is 10.1. The molecular weight excluding hydrogens is 484 g/mol. The molecule has 2 aliphatic rings. The minimum absolute atomic E-state index is 0.00388. The summed E-state index contributed by atoms with van der Waals surface area (Å²) in [6, 6.07) is 12.0. The molecule has 1 saturated heterocycles. The fraction of sp³-hybridized carbons (Fsp3) is 0.552. The number of hydrogen-bond acceptors (Lipinski definition) is 8. The number of hydrogen-bond donors (Lipinski definition) is 3. The highest BCUT2D eigenvalue weighted by atomic mass is 16.5. The SMILES string of the molecule is COCCCOc1cc(C(=O)N(C[C@@H]2CNC[C@H]2NCc2ccc3c(c2)NCCO3)C(C)C)ccc1OC. The Morgan fingerprint density at radius 1 is 1.13 bits per heavy atom. The standard InChI is InChI=1S/C29H42N4O5/c1-20(2)33(29(34)22-7-9-27(36-4)28(15-22)37-12-5-11-35-3)19-23-17-30-18-25(23)32-16-21-6-8-26-24(14-21)31-10-13-38-26/h6-9,14-15,20,23,25,30-32H,5,10-13,16-19H2,1-4H3/t23-,25+/m0/s1. The first kappa shape index (κ1) is 28.0. The Kier molecular flexibility index (Phi) is 10.1. The first-order chi connectivity index (χ1) is 18.5. The molecule has 2 heterocycles. The number of carbonyl (C=O) groups is 1. The van der Waals surface area contributed by atoms with E-state index in [1.807, 2.05) is 17.0 Å². The average molecular weight is 527 g/mol. The van der Waals surface area contributed by atoms with Crippen molar-refractivity contribution in [2.45, 2.75) is 38.9 Å². The Bertz CT molecular complexity index is 1060. The first-order valence-electron chi connectivity index (χ1n) is 13.5. The largest absolute Gasteiger partial charge is 0.493 e. The van der Waals surface area contributed by atoms with Crippen LogP contribution in [-0.4, -0.2) is 83.1 Å². The summed E-state index contributed by atoms with van der Waals surface area (Å²) in [6.07, 6.45) is 0.759. The number of nitrogens with one attached hydrogen (secondary N) is 3. The van der Waals surface area contributed by atoms with Gasteiger partial charge in [-0.15, -0.1) is 0 Å². The number of methoxy groups -OCH3 is 2. The van der Waals surface area contributed by atoms with Gasteiger partial charge in [0.2, 0.25) is 0 Å². The van der Waals surface area contributed by atoms with Crippen molar-refractivity contribution >= 4 is 11.6 Å². The van der Waals surface area contributed by atoms with Gasteiger partial charge < -0.3 is 39.8 Å². The van der Waals surface area contributed by atoms with Crippen molar-refractivity contribution in [1.29, 1.82) is 0 Å². The summed E-state index contributed by atoms with van der Waals surface area (Å²) < 4.78 is 22.2. The van der Waals surface area contributed by atoms with Gasteiger partial charge in [0.05, 0.1) is 19.4 Å². The second-order valence-corrected chi connectivity index (χ2v) is 10.1. The monoisotopic (exact) mass is 526 g/mol. The third kappa shape index (κ3) is 7.09. The molecule has 2 atom stereocenters. The smallest absolute Gasteiger partial charge is 0.254 e. The van der Waals surface area contributed by atoms with Crippen molar-refractivity contribution in [3.05, 3.63) is 47.5 Å². The average Bonchev–Trinajstić information content (AvgIpc) is 3.39. The molecule has 0 spiro atoms. The minimum atomic E-state index is -0.00388. The Morgan fingerprint density at radius 2 is 2.00 bits per heavy atom. The van der Waals surface area contributed by atoms with E-state index in [4.69, 9.17) is 18.9 Å². The first-order valence-corrected chi connectivity index (χ1v) is 13.5. The fourth-order valence-corrected chi connectivity index (χ4v) is 4.97. The van der Waals surface area contributed by atoms with Crippen LogP contribution in [0.15, 0.2) is 36.4 Å². The van der Waals surface area contributed by atoms with Crippen LogP contribution in [0.2, 0.25) is 0 Å². The quantitative estimate of drug-likeness (QED) is 0.343. The van der Waals surface area contributed by atoms with Crippen LogP contribution in [0.25, 0.3) is 0 Å². The molecule has 0 aliphatic carbocycles. The van der Waals surface area contributed by atoms with Crippen LogP contribution in [-0.2, 0) is 11.3 Å². The van der Waals surface area contributed by atoms with Gasteiger partial charge in [-0.3, -0.25) is 4.79 Å². The molecule has 1 fully saturated rings. The maximum absolute atomic E-state index is 13.7. The van der Waals surface area contributed by atoms with Crippen molar-refractivity contribution in [1.82, 2.24) is 15.5 Å². The molecule has 0 bridgehead atoms. The Hall–Kier alpha value is -3.01. The number of benzene rings is 2. The Balaban J connectivity index is 1.39. The van der Waals surface area contributed by atoms with Crippen molar-refractivity contribution in [3.63, 3.8) is 0 Å². The van der Waals surface area contributed by atoms with Crippen LogP contribution in [0.3, 0.4) is 0 Å². The van der Waals surface area contributed by atoms with Gasteiger partial charge in [0, 0.05) is 76.4 Å². The number of amides is 1. The van der Waals surface area contributed by atoms with Gasteiger partial charge >= 0.3 is 0 Å². The summed E-state index contributed by atoms with van der Waals surface area (Å²) in [5.74, 6) is 2.39. The molecule has 9 heteroatoms.